The van der Waals surface area contributed by atoms with Crippen LogP contribution in [-0.2, 0) is 10.0 Å². The van der Waals surface area contributed by atoms with Gasteiger partial charge in [-0.1, -0.05) is 43.0 Å². The molecule has 7 heteroatoms. The lowest BCUT2D eigenvalue weighted by molar-refractivity contribution is 0.0647. The van der Waals surface area contributed by atoms with Crippen LogP contribution in [0.3, 0.4) is 0 Å². The molecular weight excluding hydrogens is 408 g/mol. The van der Waals surface area contributed by atoms with Gasteiger partial charge in [-0.3, -0.25) is 9.10 Å². The van der Waals surface area contributed by atoms with E-state index in [1.807, 2.05) is 11.8 Å². The molecule has 1 fully saturated rings. The zero-order valence-electron chi connectivity index (χ0n) is 16.8. The molecule has 1 aliphatic carbocycles. The van der Waals surface area contributed by atoms with Gasteiger partial charge in [0.15, 0.2) is 0 Å². The summed E-state index contributed by atoms with van der Waals surface area (Å²) in [4.78, 5) is 15.1. The predicted octanol–water partition coefficient (Wildman–Crippen LogP) is 4.96. The van der Waals surface area contributed by atoms with Crippen LogP contribution in [0.15, 0.2) is 53.4 Å². The Hall–Kier alpha value is -2.05. The second-order valence-electron chi connectivity index (χ2n) is 7.36. The molecule has 0 spiro atoms. The van der Waals surface area contributed by atoms with Gasteiger partial charge in [-0.15, -0.1) is 0 Å². The lowest BCUT2D eigenvalue weighted by atomic mass is 9.93. The third kappa shape index (κ3) is 4.75. The van der Waals surface area contributed by atoms with Crippen molar-refractivity contribution >= 4 is 33.2 Å². The Labute approximate surface area is 178 Å². The van der Waals surface area contributed by atoms with Crippen LogP contribution in [0.2, 0.25) is 5.02 Å². The van der Waals surface area contributed by atoms with Gasteiger partial charge >= 0.3 is 0 Å². The summed E-state index contributed by atoms with van der Waals surface area (Å²) in [5.41, 5.74) is 0.865. The number of carbonyl (C=O) groups excluding carboxylic acids is 1. The van der Waals surface area contributed by atoms with Crippen molar-refractivity contribution in [1.82, 2.24) is 4.90 Å². The molecular formula is C22H27ClN2O3S. The van der Waals surface area contributed by atoms with Gasteiger partial charge in [0.25, 0.3) is 15.9 Å². The van der Waals surface area contributed by atoms with Gasteiger partial charge in [0.05, 0.1) is 10.6 Å². The topological polar surface area (TPSA) is 57.7 Å². The Morgan fingerprint density at radius 1 is 1.07 bits per heavy atom. The molecule has 1 saturated carbocycles. The van der Waals surface area contributed by atoms with E-state index in [9.17, 15) is 13.2 Å². The van der Waals surface area contributed by atoms with Crippen molar-refractivity contribution in [2.24, 2.45) is 0 Å². The van der Waals surface area contributed by atoms with Gasteiger partial charge < -0.3 is 4.90 Å². The van der Waals surface area contributed by atoms with E-state index in [0.717, 1.165) is 25.7 Å². The number of anilines is 1. The summed E-state index contributed by atoms with van der Waals surface area (Å²) < 4.78 is 27.4. The molecule has 0 unspecified atom stereocenters. The van der Waals surface area contributed by atoms with E-state index < -0.39 is 10.0 Å². The van der Waals surface area contributed by atoms with Gasteiger partial charge in [-0.2, -0.15) is 0 Å². The van der Waals surface area contributed by atoms with Crippen LogP contribution >= 0.6 is 11.6 Å². The Kier molecular flexibility index (Phi) is 6.85. The molecule has 0 aromatic heterocycles. The molecule has 0 radical (unpaired) electrons. The van der Waals surface area contributed by atoms with E-state index in [0.29, 0.717) is 22.8 Å². The lowest BCUT2D eigenvalue weighted by Gasteiger charge is -2.33. The summed E-state index contributed by atoms with van der Waals surface area (Å²) in [6.07, 6.45) is 5.50. The fraction of sp³-hybridized carbons (Fsp3) is 0.409. The largest absolute Gasteiger partial charge is 0.336 e. The molecule has 0 heterocycles. The van der Waals surface area contributed by atoms with Gasteiger partial charge in [0.2, 0.25) is 0 Å². The van der Waals surface area contributed by atoms with Crippen molar-refractivity contribution < 1.29 is 13.2 Å². The first-order valence-corrected chi connectivity index (χ1v) is 11.8. The molecule has 29 heavy (non-hydrogen) atoms. The van der Waals surface area contributed by atoms with E-state index in [1.165, 1.54) is 29.9 Å². The Balaban J connectivity index is 1.88. The maximum absolute atomic E-state index is 13.1. The number of nitrogens with zero attached hydrogens (tertiary/aromatic N) is 2. The number of carbonyl (C=O) groups is 1. The summed E-state index contributed by atoms with van der Waals surface area (Å²) in [5, 5.41) is 0.458. The molecule has 3 rings (SSSR count). The number of rotatable bonds is 6. The summed E-state index contributed by atoms with van der Waals surface area (Å²) in [6, 6.07) is 13.2. The van der Waals surface area contributed by atoms with Crippen LogP contribution in [0.25, 0.3) is 0 Å². The van der Waals surface area contributed by atoms with Crippen molar-refractivity contribution in [2.75, 3.05) is 17.9 Å². The lowest BCUT2D eigenvalue weighted by Crippen LogP contribution is -2.41. The number of amides is 1. The van der Waals surface area contributed by atoms with Crippen molar-refractivity contribution in [3.63, 3.8) is 0 Å². The normalized spacial score (nSPS) is 15.1. The molecule has 1 amide bonds. The highest BCUT2D eigenvalue weighted by Crippen LogP contribution is 2.27. The first-order chi connectivity index (χ1) is 13.8. The Bertz CT molecular complexity index is 972. The number of hydrogen-bond donors (Lipinski definition) is 0. The van der Waals surface area contributed by atoms with Crippen LogP contribution < -0.4 is 4.31 Å². The zero-order valence-corrected chi connectivity index (χ0v) is 18.4. The maximum atomic E-state index is 13.1. The third-order valence-electron chi connectivity index (χ3n) is 5.53. The van der Waals surface area contributed by atoms with Crippen LogP contribution in [0, 0.1) is 0 Å². The van der Waals surface area contributed by atoms with Gasteiger partial charge in [-0.25, -0.2) is 8.42 Å². The van der Waals surface area contributed by atoms with Crippen LogP contribution in [0.4, 0.5) is 5.69 Å². The minimum atomic E-state index is -3.82. The molecule has 156 valence electrons. The SMILES string of the molecule is CCN(C(=O)c1cccc(S(=O)(=O)N(C)c2cccc(Cl)c2)c1)C1CCCCC1. The van der Waals surface area contributed by atoms with E-state index in [4.69, 9.17) is 11.6 Å². The van der Waals surface area contributed by atoms with Crippen molar-refractivity contribution in [3.05, 3.63) is 59.1 Å². The highest BCUT2D eigenvalue weighted by Gasteiger charge is 2.27. The minimum absolute atomic E-state index is 0.0884. The van der Waals surface area contributed by atoms with Gasteiger partial charge in [0.1, 0.15) is 0 Å². The highest BCUT2D eigenvalue weighted by molar-refractivity contribution is 7.92. The first-order valence-electron chi connectivity index (χ1n) is 10.00. The molecule has 0 bridgehead atoms. The Morgan fingerprint density at radius 2 is 1.76 bits per heavy atom. The molecule has 0 N–H and O–H groups in total. The number of hydrogen-bond acceptors (Lipinski definition) is 3. The van der Waals surface area contributed by atoms with Crippen molar-refractivity contribution in [1.29, 1.82) is 0 Å². The quantitative estimate of drug-likeness (QED) is 0.645. The van der Waals surface area contributed by atoms with Gasteiger partial charge in [0, 0.05) is 30.2 Å². The molecule has 0 atom stereocenters. The first kappa shape index (κ1) is 21.7. The number of halogens is 1. The molecule has 1 aliphatic rings. The molecule has 0 saturated heterocycles. The summed E-state index contributed by atoms with van der Waals surface area (Å²) in [5.74, 6) is -0.109. The average Bonchev–Trinajstić information content (AvgIpc) is 2.74. The summed E-state index contributed by atoms with van der Waals surface area (Å²) in [7, 11) is -2.34. The van der Waals surface area contributed by atoms with E-state index >= 15 is 0 Å². The van der Waals surface area contributed by atoms with Crippen molar-refractivity contribution in [3.8, 4) is 0 Å². The standard InChI is InChI=1S/C22H27ClN2O3S/c1-3-25(19-11-5-4-6-12-19)22(26)17-9-7-14-21(15-17)29(27,28)24(2)20-13-8-10-18(23)16-20/h7-10,13-16,19H,3-6,11-12H2,1-2H3. The maximum Gasteiger partial charge on any atom is 0.264 e. The smallest absolute Gasteiger partial charge is 0.264 e. The Morgan fingerprint density at radius 3 is 2.41 bits per heavy atom. The monoisotopic (exact) mass is 434 g/mol. The zero-order chi connectivity index (χ0) is 21.0. The second kappa shape index (κ2) is 9.18. The summed E-state index contributed by atoms with van der Waals surface area (Å²) >= 11 is 6.00. The fourth-order valence-corrected chi connectivity index (χ4v) is 5.30. The van der Waals surface area contributed by atoms with Gasteiger partial charge in [-0.05, 0) is 56.2 Å². The second-order valence-corrected chi connectivity index (χ2v) is 9.77. The molecule has 5 nitrogen and oxygen atoms in total. The summed E-state index contributed by atoms with van der Waals surface area (Å²) in [6.45, 7) is 2.59. The number of benzene rings is 2. The molecule has 2 aromatic rings. The average molecular weight is 435 g/mol. The third-order valence-corrected chi connectivity index (χ3v) is 7.54. The van der Waals surface area contributed by atoms with Crippen LogP contribution in [0.5, 0.6) is 0 Å². The highest BCUT2D eigenvalue weighted by atomic mass is 35.5. The molecule has 2 aromatic carbocycles. The van der Waals surface area contributed by atoms with E-state index in [1.54, 1.807) is 36.4 Å². The fourth-order valence-electron chi connectivity index (χ4n) is 3.88. The van der Waals surface area contributed by atoms with E-state index in [2.05, 4.69) is 0 Å². The van der Waals surface area contributed by atoms with Crippen molar-refractivity contribution in [2.45, 2.75) is 50.0 Å². The minimum Gasteiger partial charge on any atom is -0.336 e. The number of sulfonamides is 1. The molecule has 0 aliphatic heterocycles. The van der Waals surface area contributed by atoms with E-state index in [-0.39, 0.29) is 16.8 Å². The predicted molar refractivity (Wildman–Crippen MR) is 117 cm³/mol. The van der Waals surface area contributed by atoms with Crippen LogP contribution in [0.1, 0.15) is 49.4 Å². The van der Waals surface area contributed by atoms with Crippen LogP contribution in [-0.4, -0.2) is 38.9 Å².